The molecule has 1 aliphatic heterocycles. The van der Waals surface area contributed by atoms with Crippen molar-refractivity contribution in [1.29, 1.82) is 0 Å². The van der Waals surface area contributed by atoms with Crippen LogP contribution in [0.5, 0.6) is 0 Å². The van der Waals surface area contributed by atoms with E-state index in [0.717, 1.165) is 45.1 Å². The predicted molar refractivity (Wildman–Crippen MR) is 94.2 cm³/mol. The van der Waals surface area contributed by atoms with Gasteiger partial charge in [-0.3, -0.25) is 4.79 Å². The summed E-state index contributed by atoms with van der Waals surface area (Å²) in [6.45, 7) is 3.35. The Kier molecular flexibility index (Phi) is 4.32. The molecule has 0 N–H and O–H groups in total. The van der Waals surface area contributed by atoms with Gasteiger partial charge in [-0.15, -0.1) is 0 Å². The molecule has 1 amide bonds. The third-order valence-electron chi connectivity index (χ3n) is 5.79. The van der Waals surface area contributed by atoms with E-state index in [1.807, 2.05) is 30.0 Å². The molecule has 2 fully saturated rings. The Morgan fingerprint density at radius 1 is 1.20 bits per heavy atom. The third kappa shape index (κ3) is 2.96. The summed E-state index contributed by atoms with van der Waals surface area (Å²) < 4.78 is 5.37. The number of rotatable bonds is 3. The zero-order chi connectivity index (χ0) is 17.3. The summed E-state index contributed by atoms with van der Waals surface area (Å²) in [6, 6.07) is 10.3. The lowest BCUT2D eigenvalue weighted by Crippen LogP contribution is -2.49. The summed E-state index contributed by atoms with van der Waals surface area (Å²) in [5.74, 6) is 1.79. The fraction of sp³-hybridized carbons (Fsp3) is 0.550. The van der Waals surface area contributed by atoms with Gasteiger partial charge in [-0.25, -0.2) is 0 Å². The molecule has 0 spiro atoms. The summed E-state index contributed by atoms with van der Waals surface area (Å²) in [4.78, 5) is 20.0. The van der Waals surface area contributed by atoms with Crippen molar-refractivity contribution in [3.8, 4) is 0 Å². The van der Waals surface area contributed by atoms with Crippen LogP contribution < -0.4 is 0 Å². The van der Waals surface area contributed by atoms with Gasteiger partial charge < -0.3 is 9.42 Å². The standard InChI is InChI=1S/C20H25N3O2/c1-15-21-18(25-22-15)16-8-7-13-23(14-16)19(24)20(11-5-6-12-20)17-9-3-2-4-10-17/h2-4,9-10,16H,5-8,11-14H2,1H3/t16-/m1/s1. The molecule has 5 nitrogen and oxygen atoms in total. The van der Waals surface area contributed by atoms with Crippen LogP contribution in [-0.2, 0) is 10.2 Å². The van der Waals surface area contributed by atoms with Crippen LogP contribution in [0.3, 0.4) is 0 Å². The summed E-state index contributed by atoms with van der Waals surface area (Å²) in [6.07, 6.45) is 6.15. The van der Waals surface area contributed by atoms with E-state index in [9.17, 15) is 4.79 Å². The third-order valence-corrected chi connectivity index (χ3v) is 5.79. The summed E-state index contributed by atoms with van der Waals surface area (Å²) in [7, 11) is 0. The second-order valence-corrected chi connectivity index (χ2v) is 7.43. The lowest BCUT2D eigenvalue weighted by molar-refractivity contribution is -0.138. The van der Waals surface area contributed by atoms with Crippen molar-refractivity contribution in [1.82, 2.24) is 15.0 Å². The van der Waals surface area contributed by atoms with Crippen molar-refractivity contribution >= 4 is 5.91 Å². The minimum atomic E-state index is -0.339. The summed E-state index contributed by atoms with van der Waals surface area (Å²) in [5.41, 5.74) is 0.835. The number of likely N-dealkylation sites (tertiary alicyclic amines) is 1. The number of piperidine rings is 1. The largest absolute Gasteiger partial charge is 0.341 e. The van der Waals surface area contributed by atoms with Crippen molar-refractivity contribution in [3.63, 3.8) is 0 Å². The van der Waals surface area contributed by atoms with Crippen molar-refractivity contribution in [2.75, 3.05) is 13.1 Å². The molecule has 0 bridgehead atoms. The van der Waals surface area contributed by atoms with Crippen molar-refractivity contribution in [2.45, 2.75) is 56.8 Å². The first-order chi connectivity index (χ1) is 12.2. The van der Waals surface area contributed by atoms with Gasteiger partial charge in [0.2, 0.25) is 11.8 Å². The maximum Gasteiger partial charge on any atom is 0.233 e. The smallest absolute Gasteiger partial charge is 0.233 e. The zero-order valence-electron chi connectivity index (χ0n) is 14.8. The molecule has 0 radical (unpaired) electrons. The fourth-order valence-electron chi connectivity index (χ4n) is 4.51. The highest BCUT2D eigenvalue weighted by Gasteiger charge is 2.45. The van der Waals surface area contributed by atoms with E-state index in [4.69, 9.17) is 4.52 Å². The van der Waals surface area contributed by atoms with E-state index in [1.54, 1.807) is 0 Å². The number of carbonyl (C=O) groups excluding carboxylic acids is 1. The van der Waals surface area contributed by atoms with Crippen molar-refractivity contribution in [3.05, 3.63) is 47.6 Å². The van der Waals surface area contributed by atoms with E-state index in [0.29, 0.717) is 18.3 Å². The quantitative estimate of drug-likeness (QED) is 0.857. The number of benzene rings is 1. The van der Waals surface area contributed by atoms with Crippen LogP contribution >= 0.6 is 0 Å². The molecule has 0 unspecified atom stereocenters. The molecule has 2 aliphatic rings. The van der Waals surface area contributed by atoms with E-state index in [-0.39, 0.29) is 17.2 Å². The average Bonchev–Trinajstić information content (AvgIpc) is 3.32. The van der Waals surface area contributed by atoms with Crippen LogP contribution in [0.15, 0.2) is 34.9 Å². The molecule has 132 valence electrons. The molecular formula is C20H25N3O2. The molecule has 4 rings (SSSR count). The lowest BCUT2D eigenvalue weighted by atomic mass is 9.77. The van der Waals surface area contributed by atoms with Gasteiger partial charge in [-0.2, -0.15) is 4.98 Å². The molecule has 2 heterocycles. The zero-order valence-corrected chi connectivity index (χ0v) is 14.8. The van der Waals surface area contributed by atoms with Gasteiger partial charge in [-0.1, -0.05) is 48.3 Å². The molecule has 2 aromatic rings. The highest BCUT2D eigenvalue weighted by molar-refractivity contribution is 5.88. The number of aryl methyl sites for hydroxylation is 1. The maximum absolute atomic E-state index is 13.6. The SMILES string of the molecule is Cc1noc([C@@H]2CCCN(C(=O)C3(c4ccccc4)CCCC3)C2)n1. The van der Waals surface area contributed by atoms with Crippen molar-refractivity contribution in [2.24, 2.45) is 0 Å². The molecule has 1 saturated heterocycles. The predicted octanol–water partition coefficient (Wildman–Crippen LogP) is 3.60. The van der Waals surface area contributed by atoms with Gasteiger partial charge in [0, 0.05) is 13.1 Å². The molecule has 5 heteroatoms. The van der Waals surface area contributed by atoms with Gasteiger partial charge >= 0.3 is 0 Å². The number of hydrogen-bond donors (Lipinski definition) is 0. The monoisotopic (exact) mass is 339 g/mol. The number of hydrogen-bond acceptors (Lipinski definition) is 4. The van der Waals surface area contributed by atoms with Crippen LogP contribution in [0.4, 0.5) is 0 Å². The topological polar surface area (TPSA) is 59.2 Å². The van der Waals surface area contributed by atoms with Gasteiger partial charge in [-0.05, 0) is 38.2 Å². The van der Waals surface area contributed by atoms with E-state index >= 15 is 0 Å². The fourth-order valence-corrected chi connectivity index (χ4v) is 4.51. The number of nitrogens with zero attached hydrogens (tertiary/aromatic N) is 3. The van der Waals surface area contributed by atoms with Gasteiger partial charge in [0.1, 0.15) is 0 Å². The van der Waals surface area contributed by atoms with Crippen LogP contribution in [0, 0.1) is 6.92 Å². The average molecular weight is 339 g/mol. The van der Waals surface area contributed by atoms with Gasteiger partial charge in [0.25, 0.3) is 0 Å². The lowest BCUT2D eigenvalue weighted by Gasteiger charge is -2.38. The van der Waals surface area contributed by atoms with Crippen LogP contribution in [-0.4, -0.2) is 34.0 Å². The molecule has 1 aliphatic carbocycles. The highest BCUT2D eigenvalue weighted by atomic mass is 16.5. The first-order valence-electron chi connectivity index (χ1n) is 9.34. The van der Waals surface area contributed by atoms with Crippen LogP contribution in [0.25, 0.3) is 0 Å². The first kappa shape index (κ1) is 16.3. The summed E-state index contributed by atoms with van der Waals surface area (Å²) >= 11 is 0. The Hall–Kier alpha value is -2.17. The Bertz CT molecular complexity index is 734. The maximum atomic E-state index is 13.6. The Morgan fingerprint density at radius 2 is 1.96 bits per heavy atom. The number of amides is 1. The summed E-state index contributed by atoms with van der Waals surface area (Å²) in [5, 5.41) is 3.91. The minimum Gasteiger partial charge on any atom is -0.341 e. The highest BCUT2D eigenvalue weighted by Crippen LogP contribution is 2.43. The van der Waals surface area contributed by atoms with Crippen LogP contribution in [0.2, 0.25) is 0 Å². The Balaban J connectivity index is 1.58. The molecule has 1 aromatic carbocycles. The molecule has 1 atom stereocenters. The van der Waals surface area contributed by atoms with E-state index < -0.39 is 0 Å². The molecule has 1 aromatic heterocycles. The molecule has 1 saturated carbocycles. The molecule has 25 heavy (non-hydrogen) atoms. The molecular weight excluding hydrogens is 314 g/mol. The van der Waals surface area contributed by atoms with Gasteiger partial charge in [0.05, 0.1) is 11.3 Å². The Labute approximate surface area is 148 Å². The number of carbonyl (C=O) groups is 1. The minimum absolute atomic E-state index is 0.160. The normalized spacial score (nSPS) is 22.9. The second-order valence-electron chi connectivity index (χ2n) is 7.43. The van der Waals surface area contributed by atoms with Gasteiger partial charge in [0.15, 0.2) is 5.82 Å². The Morgan fingerprint density at radius 3 is 2.64 bits per heavy atom. The van der Waals surface area contributed by atoms with Crippen molar-refractivity contribution < 1.29 is 9.32 Å². The second kappa shape index (κ2) is 6.62. The van der Waals surface area contributed by atoms with E-state index in [2.05, 4.69) is 22.3 Å². The van der Waals surface area contributed by atoms with Crippen LogP contribution in [0.1, 0.15) is 61.7 Å². The first-order valence-corrected chi connectivity index (χ1v) is 9.34. The van der Waals surface area contributed by atoms with E-state index in [1.165, 1.54) is 5.56 Å². The number of aromatic nitrogens is 2.